The second-order valence-electron chi connectivity index (χ2n) is 4.22. The Balaban J connectivity index is 2.22. The number of aromatic nitrogens is 1. The van der Waals surface area contributed by atoms with Gasteiger partial charge in [0, 0.05) is 30.4 Å². The molecule has 0 fully saturated rings. The van der Waals surface area contributed by atoms with Crippen LogP contribution < -0.4 is 10.1 Å². The fraction of sp³-hybridized carbons (Fsp3) is 0.214. The maximum atomic E-state index is 10.7. The number of ether oxygens (including phenoxy) is 1. The normalized spacial score (nSPS) is 10.4. The van der Waals surface area contributed by atoms with Crippen molar-refractivity contribution in [2.24, 2.45) is 0 Å². The molecular weight excluding hydrogens is 294 g/mol. The summed E-state index contributed by atoms with van der Waals surface area (Å²) in [5, 5.41) is 13.9. The summed E-state index contributed by atoms with van der Waals surface area (Å²) in [6, 6.07) is 7.94. The van der Waals surface area contributed by atoms with Gasteiger partial charge in [-0.1, -0.05) is 24.6 Å². The molecule has 0 atom stereocenters. The largest absolute Gasteiger partial charge is 0.439 e. The van der Waals surface area contributed by atoms with Gasteiger partial charge in [0.05, 0.1) is 4.92 Å². The summed E-state index contributed by atoms with van der Waals surface area (Å²) in [5.74, 6) is 0.852. The van der Waals surface area contributed by atoms with Crippen LogP contribution in [-0.4, -0.2) is 16.5 Å². The molecule has 1 N–H and O–H groups in total. The van der Waals surface area contributed by atoms with Gasteiger partial charge in [-0.25, -0.2) is 4.98 Å². The molecule has 0 saturated heterocycles. The predicted octanol–water partition coefficient (Wildman–Crippen LogP) is 3.55. The first-order chi connectivity index (χ1) is 10.1. The van der Waals surface area contributed by atoms with Crippen LogP contribution in [-0.2, 0) is 6.54 Å². The van der Waals surface area contributed by atoms with E-state index in [4.69, 9.17) is 16.3 Å². The highest BCUT2D eigenvalue weighted by Gasteiger charge is 2.14. The van der Waals surface area contributed by atoms with Crippen molar-refractivity contribution in [3.8, 4) is 11.6 Å². The summed E-state index contributed by atoms with van der Waals surface area (Å²) in [4.78, 5) is 14.4. The fourth-order valence-corrected chi connectivity index (χ4v) is 1.96. The van der Waals surface area contributed by atoms with Crippen LogP contribution in [0.1, 0.15) is 12.5 Å². The Morgan fingerprint density at radius 1 is 1.43 bits per heavy atom. The molecule has 0 aliphatic heterocycles. The number of benzene rings is 1. The zero-order chi connectivity index (χ0) is 15.2. The number of nitro benzene ring substituents is 1. The third-order valence-corrected chi connectivity index (χ3v) is 3.05. The number of nitrogens with one attached hydrogen (secondary N) is 1. The summed E-state index contributed by atoms with van der Waals surface area (Å²) in [6.07, 6.45) is 1.62. The van der Waals surface area contributed by atoms with E-state index >= 15 is 0 Å². The minimum absolute atomic E-state index is 0.0293. The maximum absolute atomic E-state index is 10.7. The van der Waals surface area contributed by atoms with Gasteiger partial charge in [0.1, 0.15) is 10.8 Å². The first-order valence-electron chi connectivity index (χ1n) is 6.38. The molecular formula is C14H14ClN3O3. The topological polar surface area (TPSA) is 77.3 Å². The molecule has 0 radical (unpaired) electrons. The van der Waals surface area contributed by atoms with Crippen molar-refractivity contribution in [1.82, 2.24) is 10.3 Å². The zero-order valence-corrected chi connectivity index (χ0v) is 12.1. The fourth-order valence-electron chi connectivity index (χ4n) is 1.72. The number of nitrogens with zero attached hydrogens (tertiary/aromatic N) is 2. The molecule has 0 amide bonds. The lowest BCUT2D eigenvalue weighted by molar-refractivity contribution is -0.384. The molecule has 0 aliphatic carbocycles. The van der Waals surface area contributed by atoms with Gasteiger partial charge in [-0.05, 0) is 18.7 Å². The Hall–Kier alpha value is -2.18. The van der Waals surface area contributed by atoms with E-state index < -0.39 is 4.92 Å². The second kappa shape index (κ2) is 7.01. The molecule has 110 valence electrons. The molecule has 2 aromatic rings. The van der Waals surface area contributed by atoms with E-state index in [-0.39, 0.29) is 10.7 Å². The highest BCUT2D eigenvalue weighted by molar-refractivity contribution is 6.32. The minimum Gasteiger partial charge on any atom is -0.439 e. The SMILES string of the molecule is CCNCc1cccnc1Oc1ccc([N+](=O)[O-])c(Cl)c1. The third-order valence-electron chi connectivity index (χ3n) is 2.75. The van der Waals surface area contributed by atoms with Crippen molar-refractivity contribution in [2.45, 2.75) is 13.5 Å². The molecule has 1 aromatic carbocycles. The van der Waals surface area contributed by atoms with Gasteiger partial charge in [0.2, 0.25) is 5.88 Å². The Morgan fingerprint density at radius 2 is 2.24 bits per heavy atom. The van der Waals surface area contributed by atoms with Crippen molar-refractivity contribution in [1.29, 1.82) is 0 Å². The molecule has 0 bridgehead atoms. The summed E-state index contributed by atoms with van der Waals surface area (Å²) >= 11 is 5.86. The van der Waals surface area contributed by atoms with Gasteiger partial charge in [-0.3, -0.25) is 10.1 Å². The molecule has 21 heavy (non-hydrogen) atoms. The standard InChI is InChI=1S/C14H14ClN3O3/c1-2-16-9-10-4-3-7-17-14(10)21-11-5-6-13(18(19)20)12(15)8-11/h3-8,16H,2,9H2,1H3. The number of halogens is 1. The first-order valence-corrected chi connectivity index (χ1v) is 6.76. The van der Waals surface area contributed by atoms with Crippen LogP contribution in [0.25, 0.3) is 0 Å². The van der Waals surface area contributed by atoms with E-state index in [1.165, 1.54) is 18.2 Å². The van der Waals surface area contributed by atoms with E-state index in [9.17, 15) is 10.1 Å². The molecule has 6 nitrogen and oxygen atoms in total. The molecule has 1 heterocycles. The Labute approximate surface area is 126 Å². The van der Waals surface area contributed by atoms with Gasteiger partial charge < -0.3 is 10.1 Å². The molecule has 1 aromatic heterocycles. The quantitative estimate of drug-likeness (QED) is 0.652. The number of pyridine rings is 1. The monoisotopic (exact) mass is 307 g/mol. The number of hydrogen-bond acceptors (Lipinski definition) is 5. The molecule has 7 heteroatoms. The number of hydrogen-bond donors (Lipinski definition) is 1. The van der Waals surface area contributed by atoms with Crippen LogP contribution >= 0.6 is 11.6 Å². The van der Waals surface area contributed by atoms with Gasteiger partial charge in [0.25, 0.3) is 5.69 Å². The van der Waals surface area contributed by atoms with Crippen LogP contribution in [0.3, 0.4) is 0 Å². The van der Waals surface area contributed by atoms with Crippen LogP contribution in [0.4, 0.5) is 5.69 Å². The lowest BCUT2D eigenvalue weighted by Crippen LogP contribution is -2.12. The highest BCUT2D eigenvalue weighted by Crippen LogP contribution is 2.31. The van der Waals surface area contributed by atoms with Crippen molar-refractivity contribution in [2.75, 3.05) is 6.54 Å². The average molecular weight is 308 g/mol. The maximum Gasteiger partial charge on any atom is 0.288 e. The van der Waals surface area contributed by atoms with Crippen molar-refractivity contribution in [3.05, 3.63) is 57.2 Å². The van der Waals surface area contributed by atoms with E-state index in [0.29, 0.717) is 18.2 Å². The molecule has 0 spiro atoms. The van der Waals surface area contributed by atoms with Gasteiger partial charge in [-0.15, -0.1) is 0 Å². The highest BCUT2D eigenvalue weighted by atomic mass is 35.5. The molecule has 2 rings (SSSR count). The number of rotatable bonds is 6. The lowest BCUT2D eigenvalue weighted by Gasteiger charge is -2.10. The molecule has 0 saturated carbocycles. The number of nitro groups is 1. The van der Waals surface area contributed by atoms with E-state index in [1.807, 2.05) is 19.1 Å². The van der Waals surface area contributed by atoms with E-state index in [2.05, 4.69) is 10.3 Å². The summed E-state index contributed by atoms with van der Waals surface area (Å²) in [5.41, 5.74) is 0.742. The first kappa shape index (κ1) is 15.2. The smallest absolute Gasteiger partial charge is 0.288 e. The summed E-state index contributed by atoms with van der Waals surface area (Å²) in [6.45, 7) is 3.46. The van der Waals surface area contributed by atoms with Crippen molar-refractivity contribution >= 4 is 17.3 Å². The van der Waals surface area contributed by atoms with E-state index in [0.717, 1.165) is 12.1 Å². The van der Waals surface area contributed by atoms with Gasteiger partial charge in [-0.2, -0.15) is 0 Å². The average Bonchev–Trinajstić information content (AvgIpc) is 2.46. The zero-order valence-electron chi connectivity index (χ0n) is 11.4. The summed E-state index contributed by atoms with van der Waals surface area (Å²) < 4.78 is 5.66. The van der Waals surface area contributed by atoms with Crippen LogP contribution in [0.5, 0.6) is 11.6 Å². The minimum atomic E-state index is -0.538. The van der Waals surface area contributed by atoms with Crippen molar-refractivity contribution in [3.63, 3.8) is 0 Å². The van der Waals surface area contributed by atoms with E-state index in [1.54, 1.807) is 6.20 Å². The van der Waals surface area contributed by atoms with Gasteiger partial charge in [0.15, 0.2) is 0 Å². The predicted molar refractivity (Wildman–Crippen MR) is 79.8 cm³/mol. The molecule has 0 unspecified atom stereocenters. The second-order valence-corrected chi connectivity index (χ2v) is 4.63. The van der Waals surface area contributed by atoms with Gasteiger partial charge >= 0.3 is 0 Å². The van der Waals surface area contributed by atoms with Crippen LogP contribution in [0, 0.1) is 10.1 Å². The Bertz CT molecular complexity index is 649. The third kappa shape index (κ3) is 3.90. The Morgan fingerprint density at radius 3 is 2.90 bits per heavy atom. The summed E-state index contributed by atoms with van der Waals surface area (Å²) in [7, 11) is 0. The molecule has 0 aliphatic rings. The lowest BCUT2D eigenvalue weighted by atomic mass is 10.2. The Kier molecular flexibility index (Phi) is 5.08. The van der Waals surface area contributed by atoms with Crippen molar-refractivity contribution < 1.29 is 9.66 Å². The van der Waals surface area contributed by atoms with Crippen LogP contribution in [0.2, 0.25) is 5.02 Å². The van der Waals surface area contributed by atoms with Crippen LogP contribution in [0.15, 0.2) is 36.5 Å².